The lowest BCUT2D eigenvalue weighted by Crippen LogP contribution is -2.59. The molecule has 2 aliphatic rings. The summed E-state index contributed by atoms with van der Waals surface area (Å²) >= 11 is 0. The third kappa shape index (κ3) is 1.29. The number of carbonyl (C=O) groups is 2. The molecule has 0 bridgehead atoms. The zero-order valence-electron chi connectivity index (χ0n) is 7.80. The third-order valence-electron chi connectivity index (χ3n) is 2.39. The Morgan fingerprint density at radius 2 is 2.50 bits per heavy atom. The van der Waals surface area contributed by atoms with Gasteiger partial charge in [0.15, 0.2) is 6.04 Å². The number of β-lactam (4-membered cyclic amide) rings is 1. The third-order valence-corrected chi connectivity index (χ3v) is 2.39. The fourth-order valence-corrected chi connectivity index (χ4v) is 1.63. The van der Waals surface area contributed by atoms with Gasteiger partial charge in [0.25, 0.3) is 0 Å². The van der Waals surface area contributed by atoms with E-state index in [2.05, 4.69) is 4.74 Å². The molecule has 0 aromatic heterocycles. The van der Waals surface area contributed by atoms with Gasteiger partial charge < -0.3 is 9.47 Å². The number of ether oxygens (including phenoxy) is 2. The van der Waals surface area contributed by atoms with Gasteiger partial charge in [-0.3, -0.25) is 9.69 Å². The van der Waals surface area contributed by atoms with Gasteiger partial charge in [0.2, 0.25) is 5.91 Å². The molecular formula is C9H11NO4. The highest BCUT2D eigenvalue weighted by atomic mass is 16.5. The molecule has 2 aliphatic heterocycles. The molecule has 0 radical (unpaired) electrons. The van der Waals surface area contributed by atoms with E-state index in [4.69, 9.17) is 4.74 Å². The topological polar surface area (TPSA) is 55.8 Å². The molecule has 5 heteroatoms. The molecule has 2 heterocycles. The van der Waals surface area contributed by atoms with Crippen molar-refractivity contribution in [2.45, 2.75) is 18.7 Å². The first kappa shape index (κ1) is 9.21. The molecule has 0 spiro atoms. The van der Waals surface area contributed by atoms with Crippen molar-refractivity contribution < 1.29 is 19.1 Å². The predicted molar refractivity (Wildman–Crippen MR) is 46.1 cm³/mol. The maximum absolute atomic E-state index is 11.3. The minimum atomic E-state index is -0.617. The lowest BCUT2D eigenvalue weighted by molar-refractivity contribution is -0.182. The smallest absolute Gasteiger partial charge is 0.332 e. The number of hydrogen-bond acceptors (Lipinski definition) is 4. The SMILES string of the molecule is COC(=O)C1C=CCOC2CC(=O)N21. The van der Waals surface area contributed by atoms with Crippen LogP contribution in [-0.2, 0) is 19.1 Å². The summed E-state index contributed by atoms with van der Waals surface area (Å²) in [7, 11) is 1.31. The minimum Gasteiger partial charge on any atom is -0.467 e. The monoisotopic (exact) mass is 197 g/mol. The Kier molecular flexibility index (Phi) is 2.25. The van der Waals surface area contributed by atoms with Gasteiger partial charge in [-0.25, -0.2) is 4.79 Å². The van der Waals surface area contributed by atoms with E-state index in [1.165, 1.54) is 12.0 Å². The van der Waals surface area contributed by atoms with Gasteiger partial charge in [-0.2, -0.15) is 0 Å². The second-order valence-corrected chi connectivity index (χ2v) is 3.19. The summed E-state index contributed by atoms with van der Waals surface area (Å²) in [6.45, 7) is 0.432. The highest BCUT2D eigenvalue weighted by molar-refractivity contribution is 5.90. The van der Waals surface area contributed by atoms with Crippen molar-refractivity contribution in [3.8, 4) is 0 Å². The maximum Gasteiger partial charge on any atom is 0.332 e. The first-order chi connectivity index (χ1) is 6.74. The Morgan fingerprint density at radius 3 is 3.14 bits per heavy atom. The van der Waals surface area contributed by atoms with Gasteiger partial charge in [-0.1, -0.05) is 12.2 Å². The summed E-state index contributed by atoms with van der Waals surface area (Å²) in [5.41, 5.74) is 0. The van der Waals surface area contributed by atoms with Crippen LogP contribution in [0.1, 0.15) is 6.42 Å². The standard InChI is InChI=1S/C9H11NO4/c1-13-9(12)6-3-2-4-14-8-5-7(11)10(6)8/h2-3,6,8H,4-5H2,1H3. The summed E-state index contributed by atoms with van der Waals surface area (Å²) in [5.74, 6) is -0.498. The van der Waals surface area contributed by atoms with E-state index in [0.29, 0.717) is 13.0 Å². The lowest BCUT2D eigenvalue weighted by Gasteiger charge is -2.41. The molecule has 5 nitrogen and oxygen atoms in total. The molecule has 2 atom stereocenters. The Balaban J connectivity index is 2.18. The molecule has 1 saturated heterocycles. The molecule has 2 unspecified atom stereocenters. The van der Waals surface area contributed by atoms with Gasteiger partial charge in [-0.15, -0.1) is 0 Å². The van der Waals surface area contributed by atoms with Crippen LogP contribution in [0.2, 0.25) is 0 Å². The van der Waals surface area contributed by atoms with E-state index in [0.717, 1.165) is 0 Å². The fourth-order valence-electron chi connectivity index (χ4n) is 1.63. The molecule has 0 N–H and O–H groups in total. The number of carbonyl (C=O) groups excluding carboxylic acids is 2. The summed E-state index contributed by atoms with van der Waals surface area (Å²) in [4.78, 5) is 24.0. The fraction of sp³-hybridized carbons (Fsp3) is 0.556. The molecule has 0 saturated carbocycles. The average molecular weight is 197 g/mol. The van der Waals surface area contributed by atoms with Gasteiger partial charge in [0.1, 0.15) is 6.23 Å². The second kappa shape index (κ2) is 3.42. The summed E-state index contributed by atoms with van der Waals surface area (Å²) in [6.07, 6.45) is 3.47. The molecule has 0 aromatic rings. The van der Waals surface area contributed by atoms with Gasteiger partial charge in [0.05, 0.1) is 20.1 Å². The molecule has 0 aliphatic carbocycles. The van der Waals surface area contributed by atoms with Crippen LogP contribution in [0.3, 0.4) is 0 Å². The molecule has 76 valence electrons. The van der Waals surface area contributed by atoms with E-state index < -0.39 is 12.0 Å². The van der Waals surface area contributed by atoms with Crippen LogP contribution in [0.5, 0.6) is 0 Å². The van der Waals surface area contributed by atoms with Crippen LogP contribution >= 0.6 is 0 Å². The van der Waals surface area contributed by atoms with Crippen LogP contribution in [0.15, 0.2) is 12.2 Å². The van der Waals surface area contributed by atoms with Crippen molar-refractivity contribution in [3.63, 3.8) is 0 Å². The van der Waals surface area contributed by atoms with Crippen molar-refractivity contribution in [3.05, 3.63) is 12.2 Å². The minimum absolute atomic E-state index is 0.0723. The number of hydrogen-bond donors (Lipinski definition) is 0. The van der Waals surface area contributed by atoms with Gasteiger partial charge in [0, 0.05) is 0 Å². The highest BCUT2D eigenvalue weighted by Gasteiger charge is 2.44. The molecule has 14 heavy (non-hydrogen) atoms. The van der Waals surface area contributed by atoms with Gasteiger partial charge in [-0.05, 0) is 0 Å². The van der Waals surface area contributed by atoms with Crippen LogP contribution in [0.4, 0.5) is 0 Å². The van der Waals surface area contributed by atoms with E-state index in [1.54, 1.807) is 12.2 Å². The maximum atomic E-state index is 11.3. The van der Waals surface area contributed by atoms with Crippen molar-refractivity contribution in [1.82, 2.24) is 4.90 Å². The summed E-state index contributed by atoms with van der Waals surface area (Å²) < 4.78 is 9.91. The number of methoxy groups -OCH3 is 1. The molecule has 0 aromatic carbocycles. The Hall–Kier alpha value is -1.36. The summed E-state index contributed by atoms with van der Waals surface area (Å²) in [6, 6.07) is -0.617. The first-order valence-corrected chi connectivity index (χ1v) is 4.41. The van der Waals surface area contributed by atoms with Crippen LogP contribution in [0, 0.1) is 0 Å². The van der Waals surface area contributed by atoms with E-state index in [9.17, 15) is 9.59 Å². The molecule has 1 amide bonds. The summed E-state index contributed by atoms with van der Waals surface area (Å²) in [5, 5.41) is 0. The largest absolute Gasteiger partial charge is 0.467 e. The van der Waals surface area contributed by atoms with Crippen molar-refractivity contribution in [2.24, 2.45) is 0 Å². The van der Waals surface area contributed by atoms with Crippen molar-refractivity contribution in [1.29, 1.82) is 0 Å². The van der Waals surface area contributed by atoms with E-state index >= 15 is 0 Å². The molecular weight excluding hydrogens is 186 g/mol. The van der Waals surface area contributed by atoms with Crippen LogP contribution in [0.25, 0.3) is 0 Å². The Morgan fingerprint density at radius 1 is 1.71 bits per heavy atom. The zero-order chi connectivity index (χ0) is 10.1. The van der Waals surface area contributed by atoms with Crippen LogP contribution < -0.4 is 0 Å². The Bertz CT molecular complexity index is 299. The second-order valence-electron chi connectivity index (χ2n) is 3.19. The molecule has 2 rings (SSSR count). The number of nitrogens with zero attached hydrogens (tertiary/aromatic N) is 1. The van der Waals surface area contributed by atoms with Gasteiger partial charge >= 0.3 is 5.97 Å². The van der Waals surface area contributed by atoms with Crippen molar-refractivity contribution >= 4 is 11.9 Å². The average Bonchev–Trinajstić information content (AvgIpc) is 2.35. The lowest BCUT2D eigenvalue weighted by atomic mass is 10.1. The number of rotatable bonds is 1. The quantitative estimate of drug-likeness (QED) is 0.328. The molecule has 1 fully saturated rings. The first-order valence-electron chi connectivity index (χ1n) is 4.41. The Labute approximate surface area is 81.3 Å². The predicted octanol–water partition coefficient (Wildman–Crippen LogP) is -0.327. The number of amides is 1. The van der Waals surface area contributed by atoms with Crippen LogP contribution in [-0.4, -0.2) is 42.8 Å². The normalized spacial score (nSPS) is 30.4. The zero-order valence-corrected chi connectivity index (χ0v) is 7.80. The highest BCUT2D eigenvalue weighted by Crippen LogP contribution is 2.26. The van der Waals surface area contributed by atoms with Crippen molar-refractivity contribution in [2.75, 3.05) is 13.7 Å². The number of esters is 1. The van der Waals surface area contributed by atoms with E-state index in [-0.39, 0.29) is 12.1 Å². The van der Waals surface area contributed by atoms with E-state index in [1.807, 2.05) is 0 Å². The number of fused-ring (bicyclic) bond motifs is 1.